The molecule has 2 rings (SSSR count). The third-order valence-electron chi connectivity index (χ3n) is 3.79. The Labute approximate surface area is 86.7 Å². The van der Waals surface area contributed by atoms with Gasteiger partial charge in [-0.1, -0.05) is 26.0 Å². The number of ether oxygens (including phenoxy) is 1. The van der Waals surface area contributed by atoms with Gasteiger partial charge in [-0.2, -0.15) is 0 Å². The van der Waals surface area contributed by atoms with Gasteiger partial charge in [-0.25, -0.2) is 0 Å². The summed E-state index contributed by atoms with van der Waals surface area (Å²) in [5, 5.41) is 3.61. The molecule has 80 valence electrons. The summed E-state index contributed by atoms with van der Waals surface area (Å²) in [6, 6.07) is 0.645. The fourth-order valence-electron chi connectivity index (χ4n) is 3.05. The molecule has 0 aromatic carbocycles. The van der Waals surface area contributed by atoms with Crippen molar-refractivity contribution in [3.05, 3.63) is 12.2 Å². The summed E-state index contributed by atoms with van der Waals surface area (Å²) >= 11 is 0. The van der Waals surface area contributed by atoms with Crippen LogP contribution in [0.4, 0.5) is 0 Å². The third kappa shape index (κ3) is 1.41. The minimum absolute atomic E-state index is 0.322. The summed E-state index contributed by atoms with van der Waals surface area (Å²) in [7, 11) is 0. The molecule has 1 N–H and O–H groups in total. The number of hydrogen-bond acceptors (Lipinski definition) is 2. The molecule has 0 aromatic rings. The van der Waals surface area contributed by atoms with Gasteiger partial charge in [-0.15, -0.1) is 0 Å². The van der Waals surface area contributed by atoms with Crippen LogP contribution in [-0.4, -0.2) is 25.3 Å². The van der Waals surface area contributed by atoms with Gasteiger partial charge in [-0.05, 0) is 13.3 Å². The van der Waals surface area contributed by atoms with Crippen molar-refractivity contribution in [1.29, 1.82) is 0 Å². The van der Waals surface area contributed by atoms with Crippen LogP contribution in [0.2, 0.25) is 0 Å². The van der Waals surface area contributed by atoms with E-state index in [0.29, 0.717) is 17.6 Å². The van der Waals surface area contributed by atoms with E-state index in [1.54, 1.807) is 0 Å². The van der Waals surface area contributed by atoms with Crippen LogP contribution in [0.25, 0.3) is 0 Å². The number of nitrogens with one attached hydrogen (secondary N) is 1. The molecule has 0 aromatic heterocycles. The standard InChI is InChI=1S/C12H21NO/c1-4-5-7-13-10-9-6-8-14-11(9)12(10,2)3/h4-5,9-11,13H,6-8H2,1-3H3/b5-4+. The molecule has 1 heterocycles. The van der Waals surface area contributed by atoms with Gasteiger partial charge in [0.25, 0.3) is 0 Å². The monoisotopic (exact) mass is 195 g/mol. The van der Waals surface area contributed by atoms with Crippen molar-refractivity contribution < 1.29 is 4.74 Å². The molecule has 1 saturated heterocycles. The predicted molar refractivity (Wildman–Crippen MR) is 58.2 cm³/mol. The maximum Gasteiger partial charge on any atom is 0.0685 e. The van der Waals surface area contributed by atoms with E-state index in [1.165, 1.54) is 6.42 Å². The van der Waals surface area contributed by atoms with Gasteiger partial charge in [0, 0.05) is 30.5 Å². The van der Waals surface area contributed by atoms with Gasteiger partial charge in [0.05, 0.1) is 6.10 Å². The molecule has 2 fully saturated rings. The summed E-state index contributed by atoms with van der Waals surface area (Å²) in [6.45, 7) is 8.64. The Morgan fingerprint density at radius 3 is 3.00 bits per heavy atom. The smallest absolute Gasteiger partial charge is 0.0685 e. The molecule has 1 aliphatic carbocycles. The van der Waals surface area contributed by atoms with Gasteiger partial charge in [0.2, 0.25) is 0 Å². The Morgan fingerprint density at radius 2 is 2.29 bits per heavy atom. The molecule has 1 aliphatic heterocycles. The van der Waals surface area contributed by atoms with Crippen LogP contribution in [0.5, 0.6) is 0 Å². The van der Waals surface area contributed by atoms with E-state index in [4.69, 9.17) is 4.74 Å². The maximum absolute atomic E-state index is 5.75. The second-order valence-electron chi connectivity index (χ2n) is 5.02. The van der Waals surface area contributed by atoms with E-state index >= 15 is 0 Å². The van der Waals surface area contributed by atoms with E-state index < -0.39 is 0 Å². The van der Waals surface area contributed by atoms with E-state index in [9.17, 15) is 0 Å². The lowest BCUT2D eigenvalue weighted by Crippen LogP contribution is -2.65. The predicted octanol–water partition coefficient (Wildman–Crippen LogP) is 1.97. The SMILES string of the molecule is C/C=C/CNC1C2CCOC2C1(C)C. The fourth-order valence-corrected chi connectivity index (χ4v) is 3.05. The van der Waals surface area contributed by atoms with Crippen molar-refractivity contribution in [3.8, 4) is 0 Å². The third-order valence-corrected chi connectivity index (χ3v) is 3.79. The lowest BCUT2D eigenvalue weighted by molar-refractivity contribution is -0.111. The highest BCUT2D eigenvalue weighted by Gasteiger charge is 2.58. The largest absolute Gasteiger partial charge is 0.377 e. The van der Waals surface area contributed by atoms with E-state index in [2.05, 4.69) is 38.2 Å². The summed E-state index contributed by atoms with van der Waals surface area (Å²) in [6.07, 6.45) is 6.02. The second kappa shape index (κ2) is 3.67. The molecule has 2 heteroatoms. The van der Waals surface area contributed by atoms with Gasteiger partial charge < -0.3 is 10.1 Å². The topological polar surface area (TPSA) is 21.3 Å². The quantitative estimate of drug-likeness (QED) is 0.695. The van der Waals surface area contributed by atoms with Gasteiger partial charge in [0.1, 0.15) is 0 Å². The average molecular weight is 195 g/mol. The van der Waals surface area contributed by atoms with Gasteiger partial charge in [-0.3, -0.25) is 0 Å². The summed E-state index contributed by atoms with van der Waals surface area (Å²) in [5.41, 5.74) is 0.322. The summed E-state index contributed by atoms with van der Waals surface area (Å²) < 4.78 is 5.75. The molecule has 0 amide bonds. The van der Waals surface area contributed by atoms with Crippen LogP contribution in [0, 0.1) is 11.3 Å². The first-order valence-corrected chi connectivity index (χ1v) is 5.64. The Hall–Kier alpha value is -0.340. The highest BCUT2D eigenvalue weighted by Crippen LogP contribution is 2.51. The molecule has 3 atom stereocenters. The first kappa shape index (κ1) is 10.2. The molecular formula is C12H21NO. The maximum atomic E-state index is 5.75. The molecule has 1 saturated carbocycles. The zero-order valence-electron chi connectivity index (χ0n) is 9.42. The first-order chi connectivity index (χ1) is 6.68. The van der Waals surface area contributed by atoms with Crippen molar-refractivity contribution >= 4 is 0 Å². The van der Waals surface area contributed by atoms with Crippen molar-refractivity contribution in [1.82, 2.24) is 5.32 Å². The number of allylic oxidation sites excluding steroid dienone is 1. The zero-order chi connectivity index (χ0) is 10.2. The van der Waals surface area contributed by atoms with Crippen LogP contribution in [0.15, 0.2) is 12.2 Å². The number of hydrogen-bond donors (Lipinski definition) is 1. The Bertz CT molecular complexity index is 234. The summed E-state index contributed by atoms with van der Waals surface area (Å²) in [4.78, 5) is 0. The molecule has 0 bridgehead atoms. The minimum atomic E-state index is 0.322. The lowest BCUT2D eigenvalue weighted by Gasteiger charge is -2.54. The molecule has 3 unspecified atom stereocenters. The van der Waals surface area contributed by atoms with E-state index in [1.807, 2.05) is 0 Å². The molecule has 2 nitrogen and oxygen atoms in total. The number of rotatable bonds is 3. The van der Waals surface area contributed by atoms with Crippen molar-refractivity contribution in [2.24, 2.45) is 11.3 Å². The Morgan fingerprint density at radius 1 is 1.50 bits per heavy atom. The molecular weight excluding hydrogens is 174 g/mol. The van der Waals surface area contributed by atoms with Crippen LogP contribution < -0.4 is 5.32 Å². The molecule has 2 aliphatic rings. The van der Waals surface area contributed by atoms with Crippen LogP contribution in [-0.2, 0) is 4.74 Å². The number of fused-ring (bicyclic) bond motifs is 1. The lowest BCUT2D eigenvalue weighted by atomic mass is 9.57. The van der Waals surface area contributed by atoms with Crippen LogP contribution in [0.3, 0.4) is 0 Å². The fraction of sp³-hybridized carbons (Fsp3) is 0.833. The van der Waals surface area contributed by atoms with E-state index in [-0.39, 0.29) is 0 Å². The normalized spacial score (nSPS) is 39.8. The summed E-state index contributed by atoms with van der Waals surface area (Å²) in [5.74, 6) is 0.759. The first-order valence-electron chi connectivity index (χ1n) is 5.64. The molecule has 14 heavy (non-hydrogen) atoms. The average Bonchev–Trinajstić information content (AvgIpc) is 2.58. The Kier molecular flexibility index (Phi) is 2.67. The molecule has 0 radical (unpaired) electrons. The van der Waals surface area contributed by atoms with Crippen molar-refractivity contribution in [3.63, 3.8) is 0 Å². The van der Waals surface area contributed by atoms with Crippen molar-refractivity contribution in [2.45, 2.75) is 39.3 Å². The van der Waals surface area contributed by atoms with Gasteiger partial charge in [0.15, 0.2) is 0 Å². The highest BCUT2D eigenvalue weighted by molar-refractivity contribution is 5.11. The molecule has 0 spiro atoms. The van der Waals surface area contributed by atoms with E-state index in [0.717, 1.165) is 19.1 Å². The van der Waals surface area contributed by atoms with Crippen molar-refractivity contribution in [2.75, 3.05) is 13.2 Å². The van der Waals surface area contributed by atoms with Crippen LogP contribution >= 0.6 is 0 Å². The highest BCUT2D eigenvalue weighted by atomic mass is 16.5. The zero-order valence-corrected chi connectivity index (χ0v) is 9.42. The van der Waals surface area contributed by atoms with Crippen LogP contribution in [0.1, 0.15) is 27.2 Å². The second-order valence-corrected chi connectivity index (χ2v) is 5.02. The Balaban J connectivity index is 1.92. The minimum Gasteiger partial charge on any atom is -0.377 e. The van der Waals surface area contributed by atoms with Gasteiger partial charge >= 0.3 is 0 Å².